The molecule has 25 heavy (non-hydrogen) atoms. The third-order valence-corrected chi connectivity index (χ3v) is 5.12. The molecule has 4 nitrogen and oxygen atoms in total. The number of allylic oxidation sites excluding steroid dienone is 1. The van der Waals surface area contributed by atoms with Crippen LogP contribution in [0.25, 0.3) is 10.5 Å². The molecular weight excluding hydrogens is 402 g/mol. The Hall–Kier alpha value is -2.10. The Morgan fingerprint density at radius 3 is 2.28 bits per heavy atom. The topological polar surface area (TPSA) is 51.5 Å². The van der Waals surface area contributed by atoms with E-state index in [0.29, 0.717) is 17.1 Å². The summed E-state index contributed by atoms with van der Waals surface area (Å²) in [6.07, 6.45) is 1.95. The molecule has 0 bridgehead atoms. The maximum absolute atomic E-state index is 9.84. The van der Waals surface area contributed by atoms with Crippen LogP contribution in [-0.4, -0.2) is 27.6 Å². The van der Waals surface area contributed by atoms with Crippen molar-refractivity contribution in [2.75, 3.05) is 27.6 Å². The van der Waals surface area contributed by atoms with Crippen molar-refractivity contribution in [3.8, 4) is 23.3 Å². The van der Waals surface area contributed by atoms with Gasteiger partial charge in [-0.15, -0.1) is 11.8 Å². The molecule has 0 spiro atoms. The highest BCUT2D eigenvalue weighted by molar-refractivity contribution is 9.10. The van der Waals surface area contributed by atoms with Gasteiger partial charge in [-0.25, -0.2) is 0 Å². The van der Waals surface area contributed by atoms with Crippen molar-refractivity contribution in [3.63, 3.8) is 0 Å². The van der Waals surface area contributed by atoms with Crippen LogP contribution in [0.3, 0.4) is 0 Å². The predicted octanol–water partition coefficient (Wildman–Crippen LogP) is 5.23. The van der Waals surface area contributed by atoms with Crippen molar-refractivity contribution in [2.24, 2.45) is 0 Å². The zero-order chi connectivity index (χ0) is 18.4. The quantitative estimate of drug-likeness (QED) is 0.473. The molecule has 0 aliphatic heterocycles. The highest BCUT2D eigenvalue weighted by Gasteiger charge is 2.17. The Kier molecular flexibility index (Phi) is 6.80. The lowest BCUT2D eigenvalue weighted by atomic mass is 10.0. The smallest absolute Gasteiger partial charge is 0.161 e. The van der Waals surface area contributed by atoms with E-state index >= 15 is 0 Å². The minimum atomic E-state index is 0.550. The summed E-state index contributed by atoms with van der Waals surface area (Å²) >= 11 is 5.05. The van der Waals surface area contributed by atoms with Crippen LogP contribution < -0.4 is 14.2 Å². The molecule has 0 N–H and O–H groups in total. The van der Waals surface area contributed by atoms with Crippen LogP contribution in [0.2, 0.25) is 0 Å². The van der Waals surface area contributed by atoms with Crippen molar-refractivity contribution >= 4 is 38.2 Å². The van der Waals surface area contributed by atoms with Gasteiger partial charge in [-0.3, -0.25) is 0 Å². The number of hydrogen-bond acceptors (Lipinski definition) is 5. The standard InChI is InChI=1S/C19H18BrNO3S/c1-22-13-7-5-6-12(8-13)19(25-4)15(11-21)14-9-17(23-2)18(24-3)10-16(14)20/h5-10H,1-4H3/b19-15-. The Bertz CT molecular complexity index is 843. The van der Waals surface area contributed by atoms with Crippen LogP contribution in [0.5, 0.6) is 17.2 Å². The van der Waals surface area contributed by atoms with Crippen LogP contribution in [0.1, 0.15) is 11.1 Å². The largest absolute Gasteiger partial charge is 0.497 e. The van der Waals surface area contributed by atoms with Gasteiger partial charge >= 0.3 is 0 Å². The number of hydrogen-bond donors (Lipinski definition) is 0. The van der Waals surface area contributed by atoms with Gasteiger partial charge in [0, 0.05) is 14.9 Å². The highest BCUT2D eigenvalue weighted by atomic mass is 79.9. The van der Waals surface area contributed by atoms with E-state index in [1.807, 2.05) is 30.5 Å². The van der Waals surface area contributed by atoms with E-state index in [0.717, 1.165) is 26.3 Å². The summed E-state index contributed by atoms with van der Waals surface area (Å²) in [6, 6.07) is 13.6. The lowest BCUT2D eigenvalue weighted by Crippen LogP contribution is -1.95. The van der Waals surface area contributed by atoms with Crippen molar-refractivity contribution in [3.05, 3.63) is 52.0 Å². The van der Waals surface area contributed by atoms with Crippen molar-refractivity contribution < 1.29 is 14.2 Å². The van der Waals surface area contributed by atoms with Crippen molar-refractivity contribution in [1.29, 1.82) is 5.26 Å². The molecule has 0 heterocycles. The number of ether oxygens (including phenoxy) is 3. The van der Waals surface area contributed by atoms with Crippen LogP contribution in [0, 0.1) is 11.3 Å². The monoisotopic (exact) mass is 419 g/mol. The van der Waals surface area contributed by atoms with E-state index in [2.05, 4.69) is 22.0 Å². The average Bonchev–Trinajstić information content (AvgIpc) is 2.66. The second-order valence-electron chi connectivity index (χ2n) is 4.94. The summed E-state index contributed by atoms with van der Waals surface area (Å²) in [4.78, 5) is 0.856. The number of rotatable bonds is 6. The fourth-order valence-electron chi connectivity index (χ4n) is 2.41. The first kappa shape index (κ1) is 19.2. The summed E-state index contributed by atoms with van der Waals surface area (Å²) in [5.41, 5.74) is 2.21. The van der Waals surface area contributed by atoms with Gasteiger partial charge in [0.15, 0.2) is 11.5 Å². The molecule has 2 aromatic carbocycles. The van der Waals surface area contributed by atoms with Gasteiger partial charge in [-0.2, -0.15) is 5.26 Å². The zero-order valence-electron chi connectivity index (χ0n) is 14.4. The summed E-state index contributed by atoms with van der Waals surface area (Å²) < 4.78 is 16.7. The lowest BCUT2D eigenvalue weighted by molar-refractivity contribution is 0.354. The molecule has 130 valence electrons. The summed E-state index contributed by atoms with van der Waals surface area (Å²) in [7, 11) is 4.77. The molecule has 6 heteroatoms. The van der Waals surface area contributed by atoms with Gasteiger partial charge in [0.1, 0.15) is 11.8 Å². The summed E-state index contributed by atoms with van der Waals surface area (Å²) in [5, 5.41) is 9.84. The number of benzene rings is 2. The van der Waals surface area contributed by atoms with E-state index in [4.69, 9.17) is 14.2 Å². The Morgan fingerprint density at radius 1 is 1.04 bits per heavy atom. The second kappa shape index (κ2) is 8.84. The minimum absolute atomic E-state index is 0.550. The zero-order valence-corrected chi connectivity index (χ0v) is 16.8. The molecule has 0 atom stereocenters. The molecule has 0 aliphatic carbocycles. The lowest BCUT2D eigenvalue weighted by Gasteiger charge is -2.14. The SMILES string of the molecule is COc1cccc(/C(SC)=C(\C#N)c2cc(OC)c(OC)cc2Br)c1. The molecular formula is C19H18BrNO3S. The van der Waals surface area contributed by atoms with Crippen molar-refractivity contribution in [1.82, 2.24) is 0 Å². The molecule has 2 rings (SSSR count). The van der Waals surface area contributed by atoms with E-state index in [9.17, 15) is 5.26 Å². The fourth-order valence-corrected chi connectivity index (χ4v) is 3.65. The van der Waals surface area contributed by atoms with Gasteiger partial charge in [0.25, 0.3) is 0 Å². The Labute approximate surface area is 160 Å². The third-order valence-electron chi connectivity index (χ3n) is 3.62. The van der Waals surface area contributed by atoms with Gasteiger partial charge in [0.2, 0.25) is 0 Å². The molecule has 2 aromatic rings. The van der Waals surface area contributed by atoms with Crippen LogP contribution in [0.4, 0.5) is 0 Å². The summed E-state index contributed by atoms with van der Waals surface area (Å²) in [5.74, 6) is 1.91. The van der Waals surface area contributed by atoms with Crippen LogP contribution in [-0.2, 0) is 0 Å². The highest BCUT2D eigenvalue weighted by Crippen LogP contribution is 2.41. The molecule has 0 radical (unpaired) electrons. The maximum atomic E-state index is 9.84. The average molecular weight is 420 g/mol. The number of thioether (sulfide) groups is 1. The van der Waals surface area contributed by atoms with Gasteiger partial charge in [-0.05, 0) is 52.0 Å². The van der Waals surface area contributed by atoms with Crippen LogP contribution in [0.15, 0.2) is 40.9 Å². The predicted molar refractivity (Wildman–Crippen MR) is 106 cm³/mol. The molecule has 0 aliphatic rings. The first-order valence-corrected chi connectivity index (χ1v) is 9.36. The molecule has 0 saturated carbocycles. The number of nitrogens with zero attached hydrogens (tertiary/aromatic N) is 1. The van der Waals surface area contributed by atoms with Gasteiger partial charge < -0.3 is 14.2 Å². The number of nitriles is 1. The molecule has 0 amide bonds. The molecule has 0 unspecified atom stereocenters. The molecule has 0 fully saturated rings. The Morgan fingerprint density at radius 2 is 1.72 bits per heavy atom. The minimum Gasteiger partial charge on any atom is -0.497 e. The number of halogens is 1. The van der Waals surface area contributed by atoms with Gasteiger partial charge in [0.05, 0.1) is 26.9 Å². The Balaban J connectivity index is 2.71. The van der Waals surface area contributed by atoms with E-state index in [1.165, 1.54) is 11.8 Å². The first-order chi connectivity index (χ1) is 12.1. The molecule has 0 aromatic heterocycles. The van der Waals surface area contributed by atoms with Crippen LogP contribution >= 0.6 is 27.7 Å². The number of methoxy groups -OCH3 is 3. The van der Waals surface area contributed by atoms with E-state index in [-0.39, 0.29) is 0 Å². The van der Waals surface area contributed by atoms with Crippen molar-refractivity contribution in [2.45, 2.75) is 0 Å². The third kappa shape index (κ3) is 4.12. The second-order valence-corrected chi connectivity index (χ2v) is 6.61. The van der Waals surface area contributed by atoms with Gasteiger partial charge in [-0.1, -0.05) is 12.1 Å². The normalized spacial score (nSPS) is 11.4. The summed E-state index contributed by atoms with van der Waals surface area (Å²) in [6.45, 7) is 0. The maximum Gasteiger partial charge on any atom is 0.161 e. The first-order valence-electron chi connectivity index (χ1n) is 7.34. The van der Waals surface area contributed by atoms with E-state index < -0.39 is 0 Å². The molecule has 0 saturated heterocycles. The van der Waals surface area contributed by atoms with E-state index in [1.54, 1.807) is 33.5 Å². The fraction of sp³-hybridized carbons (Fsp3) is 0.211.